The largest absolute Gasteiger partial charge is 0.467 e. The first kappa shape index (κ1) is 15.7. The van der Waals surface area contributed by atoms with Crippen LogP contribution in [0.3, 0.4) is 0 Å². The Morgan fingerprint density at radius 2 is 2.00 bits per heavy atom. The van der Waals surface area contributed by atoms with Gasteiger partial charge in [0, 0.05) is 25.2 Å². The number of aliphatic hydroxyl groups is 1. The second-order valence-electron chi connectivity index (χ2n) is 6.32. The van der Waals surface area contributed by atoms with E-state index in [4.69, 9.17) is 5.73 Å². The first-order valence-corrected chi connectivity index (χ1v) is 7.45. The van der Waals surface area contributed by atoms with E-state index in [1.165, 1.54) is 14.0 Å². The molecule has 2 rings (SSSR count). The van der Waals surface area contributed by atoms with Gasteiger partial charge in [-0.25, -0.2) is 4.79 Å². The van der Waals surface area contributed by atoms with E-state index in [9.17, 15) is 9.90 Å². The van der Waals surface area contributed by atoms with Crippen LogP contribution in [0.25, 0.3) is 0 Å². The molecule has 2 unspecified atom stereocenters. The topological polar surface area (TPSA) is 79.0 Å². The summed E-state index contributed by atoms with van der Waals surface area (Å²) in [5.74, 6) is -0.565. The summed E-state index contributed by atoms with van der Waals surface area (Å²) in [7, 11) is 1.31. The Morgan fingerprint density at radius 3 is 2.60 bits per heavy atom. The molecule has 2 heterocycles. The minimum Gasteiger partial charge on any atom is -0.467 e. The number of nitrogens with zero attached hydrogens (tertiary/aromatic N) is 2. The van der Waals surface area contributed by atoms with Gasteiger partial charge in [0.05, 0.1) is 7.11 Å². The highest BCUT2D eigenvalue weighted by Crippen LogP contribution is 2.21. The number of carbonyl (C=O) groups excluding carboxylic acids is 1. The van der Waals surface area contributed by atoms with Gasteiger partial charge < -0.3 is 15.6 Å². The number of β-amino-alcohol motifs (C(OH)–C–C–N with tert-alkyl or cyclic N) is 1. The molecule has 6 heteroatoms. The molecule has 2 aliphatic rings. The fraction of sp³-hybridized carbons (Fsp3) is 0.929. The molecule has 0 aromatic heterocycles. The zero-order chi connectivity index (χ0) is 14.8. The normalized spacial score (nSPS) is 29.3. The molecule has 3 N–H and O–H groups in total. The van der Waals surface area contributed by atoms with E-state index in [1.807, 2.05) is 0 Å². The highest BCUT2D eigenvalue weighted by Gasteiger charge is 2.37. The second-order valence-corrected chi connectivity index (χ2v) is 6.32. The van der Waals surface area contributed by atoms with Crippen molar-refractivity contribution in [3.63, 3.8) is 0 Å². The van der Waals surface area contributed by atoms with Crippen LogP contribution < -0.4 is 5.73 Å². The molecule has 0 aromatic rings. The van der Waals surface area contributed by atoms with Gasteiger partial charge in [-0.2, -0.15) is 0 Å². The predicted molar refractivity (Wildman–Crippen MR) is 76.3 cm³/mol. The number of rotatable bonds is 4. The number of piperidine rings is 1. The van der Waals surface area contributed by atoms with E-state index < -0.39 is 11.6 Å². The number of nitrogens with two attached hydrogens (primary N) is 1. The standard InChI is InChI=1S/C14H27N3O3/c1-14(19,13(18)20-2)10-16-6-5-12(9-16)17-7-3-11(15)4-8-17/h11-12,19H,3-10,15H2,1-2H3. The van der Waals surface area contributed by atoms with E-state index in [2.05, 4.69) is 14.5 Å². The van der Waals surface area contributed by atoms with Crippen molar-refractivity contribution >= 4 is 5.97 Å². The number of methoxy groups -OCH3 is 1. The van der Waals surface area contributed by atoms with Crippen molar-refractivity contribution in [2.45, 2.75) is 43.9 Å². The molecule has 0 spiro atoms. The third kappa shape index (κ3) is 3.69. The average Bonchev–Trinajstić information content (AvgIpc) is 2.86. The van der Waals surface area contributed by atoms with E-state index in [-0.39, 0.29) is 0 Å². The Morgan fingerprint density at radius 1 is 1.35 bits per heavy atom. The van der Waals surface area contributed by atoms with Gasteiger partial charge in [0.15, 0.2) is 5.60 Å². The summed E-state index contributed by atoms with van der Waals surface area (Å²) in [5, 5.41) is 10.1. The van der Waals surface area contributed by atoms with E-state index >= 15 is 0 Å². The van der Waals surface area contributed by atoms with Crippen LogP contribution in [-0.2, 0) is 9.53 Å². The summed E-state index contributed by atoms with van der Waals surface area (Å²) < 4.78 is 4.64. The Balaban J connectivity index is 1.82. The van der Waals surface area contributed by atoms with Crippen molar-refractivity contribution in [2.24, 2.45) is 5.73 Å². The molecule has 0 radical (unpaired) electrons. The van der Waals surface area contributed by atoms with Crippen LogP contribution in [-0.4, -0.2) is 78.4 Å². The smallest absolute Gasteiger partial charge is 0.338 e. The highest BCUT2D eigenvalue weighted by atomic mass is 16.5. The molecule has 0 bridgehead atoms. The quantitative estimate of drug-likeness (QED) is 0.672. The van der Waals surface area contributed by atoms with Crippen molar-refractivity contribution < 1.29 is 14.6 Å². The molecule has 2 fully saturated rings. The van der Waals surface area contributed by atoms with Crippen molar-refractivity contribution in [1.29, 1.82) is 0 Å². The summed E-state index contributed by atoms with van der Waals surface area (Å²) in [6.07, 6.45) is 3.22. The van der Waals surface area contributed by atoms with E-state index in [1.54, 1.807) is 0 Å². The van der Waals surface area contributed by atoms with Gasteiger partial charge in [0.25, 0.3) is 0 Å². The molecular weight excluding hydrogens is 258 g/mol. The lowest BCUT2D eigenvalue weighted by molar-refractivity contribution is -0.162. The van der Waals surface area contributed by atoms with Crippen LogP contribution in [0, 0.1) is 0 Å². The molecule has 2 atom stereocenters. The average molecular weight is 285 g/mol. The molecule has 6 nitrogen and oxygen atoms in total. The van der Waals surface area contributed by atoms with Crippen LogP contribution in [0.1, 0.15) is 26.2 Å². The van der Waals surface area contributed by atoms with Crippen molar-refractivity contribution in [3.05, 3.63) is 0 Å². The molecule has 0 amide bonds. The van der Waals surface area contributed by atoms with Crippen LogP contribution >= 0.6 is 0 Å². The van der Waals surface area contributed by atoms with Crippen LogP contribution in [0.15, 0.2) is 0 Å². The molecule has 2 aliphatic heterocycles. The molecule has 0 aliphatic carbocycles. The SMILES string of the molecule is COC(=O)C(C)(O)CN1CCC(N2CCC(N)CC2)C1. The molecule has 0 aromatic carbocycles. The number of ether oxygens (including phenoxy) is 1. The van der Waals surface area contributed by atoms with Gasteiger partial charge in [0.2, 0.25) is 0 Å². The van der Waals surface area contributed by atoms with Crippen molar-refractivity contribution in [1.82, 2.24) is 9.80 Å². The molecule has 0 saturated carbocycles. The monoisotopic (exact) mass is 285 g/mol. The summed E-state index contributed by atoms with van der Waals surface area (Å²) in [5.41, 5.74) is 4.51. The summed E-state index contributed by atoms with van der Waals surface area (Å²) in [4.78, 5) is 16.2. The fourth-order valence-corrected chi connectivity index (χ4v) is 3.26. The number of carbonyl (C=O) groups is 1. The Kier molecular flexibility index (Phi) is 5.01. The lowest BCUT2D eigenvalue weighted by atomic mass is 10.0. The Bertz CT molecular complexity index is 341. The number of likely N-dealkylation sites (tertiary alicyclic amines) is 2. The summed E-state index contributed by atoms with van der Waals surface area (Å²) in [6, 6.07) is 0.875. The first-order valence-electron chi connectivity index (χ1n) is 7.45. The highest BCUT2D eigenvalue weighted by molar-refractivity contribution is 5.78. The summed E-state index contributed by atoms with van der Waals surface area (Å²) in [6.45, 7) is 5.80. The maximum Gasteiger partial charge on any atom is 0.338 e. The maximum atomic E-state index is 11.5. The molecule has 20 heavy (non-hydrogen) atoms. The van der Waals surface area contributed by atoms with Crippen molar-refractivity contribution in [2.75, 3.05) is 39.8 Å². The minimum atomic E-state index is -1.42. The Labute approximate surface area is 120 Å². The molecule has 116 valence electrons. The van der Waals surface area contributed by atoms with Gasteiger partial charge >= 0.3 is 5.97 Å². The van der Waals surface area contributed by atoms with Crippen LogP contribution in [0.4, 0.5) is 0 Å². The molecule has 2 saturated heterocycles. The third-order valence-corrected chi connectivity index (χ3v) is 4.49. The predicted octanol–water partition coefficient (Wildman–Crippen LogP) is -0.592. The lowest BCUT2D eigenvalue weighted by Crippen LogP contribution is -2.49. The molecular formula is C14H27N3O3. The summed E-state index contributed by atoms with van der Waals surface area (Å²) >= 11 is 0. The van der Waals surface area contributed by atoms with Gasteiger partial charge in [-0.15, -0.1) is 0 Å². The van der Waals surface area contributed by atoms with Gasteiger partial charge in [-0.3, -0.25) is 9.80 Å². The van der Waals surface area contributed by atoms with Gasteiger partial charge in [-0.05, 0) is 45.8 Å². The zero-order valence-electron chi connectivity index (χ0n) is 12.5. The van der Waals surface area contributed by atoms with Gasteiger partial charge in [-0.1, -0.05) is 0 Å². The fourth-order valence-electron chi connectivity index (χ4n) is 3.26. The first-order chi connectivity index (χ1) is 9.42. The van der Waals surface area contributed by atoms with Gasteiger partial charge in [0.1, 0.15) is 0 Å². The van der Waals surface area contributed by atoms with Crippen molar-refractivity contribution in [3.8, 4) is 0 Å². The maximum absolute atomic E-state index is 11.5. The third-order valence-electron chi connectivity index (χ3n) is 4.49. The van der Waals surface area contributed by atoms with Crippen LogP contribution in [0.2, 0.25) is 0 Å². The van der Waals surface area contributed by atoms with E-state index in [0.717, 1.165) is 45.4 Å². The Hall–Kier alpha value is -0.690. The lowest BCUT2D eigenvalue weighted by Gasteiger charge is -2.35. The van der Waals surface area contributed by atoms with E-state index in [0.29, 0.717) is 18.6 Å². The number of hydrogen-bond donors (Lipinski definition) is 2. The second kappa shape index (κ2) is 6.39. The van der Waals surface area contributed by atoms with Crippen LogP contribution in [0.5, 0.6) is 0 Å². The minimum absolute atomic E-state index is 0.337. The zero-order valence-corrected chi connectivity index (χ0v) is 12.5. The number of hydrogen-bond acceptors (Lipinski definition) is 6. The number of esters is 1.